The molecular weight excluding hydrogens is 176 g/mol. The molecule has 0 radical (unpaired) electrons. The molecule has 0 saturated heterocycles. The van der Waals surface area contributed by atoms with Gasteiger partial charge in [0.15, 0.2) is 0 Å². The van der Waals surface area contributed by atoms with Gasteiger partial charge in [-0.05, 0) is 12.8 Å². The molecule has 0 aliphatic heterocycles. The fourth-order valence-electron chi connectivity index (χ4n) is 1.43. The van der Waals surface area contributed by atoms with Gasteiger partial charge in [0.1, 0.15) is 0 Å². The zero-order valence-corrected chi connectivity index (χ0v) is 8.66. The van der Waals surface area contributed by atoms with Crippen molar-refractivity contribution in [3.8, 4) is 0 Å². The Bertz CT molecular complexity index is 277. The molecule has 78 valence electrons. The Morgan fingerprint density at radius 3 is 3.00 bits per heavy atom. The molecule has 4 nitrogen and oxygen atoms in total. The third-order valence-corrected chi connectivity index (χ3v) is 2.38. The second-order valence-electron chi connectivity index (χ2n) is 3.94. The standard InChI is InChI=1S/C10H18N4/c1-14-7-10(13-8-14)6-11-4-5-12-9-2-3-9/h7-9,11-12H,2-6H2,1H3. The highest BCUT2D eigenvalue weighted by Gasteiger charge is 2.19. The molecule has 2 N–H and O–H groups in total. The Balaban J connectivity index is 1.53. The fourth-order valence-corrected chi connectivity index (χ4v) is 1.43. The molecule has 0 unspecified atom stereocenters. The third-order valence-electron chi connectivity index (χ3n) is 2.38. The van der Waals surface area contributed by atoms with Gasteiger partial charge in [-0.25, -0.2) is 4.98 Å². The Kier molecular flexibility index (Phi) is 3.16. The molecule has 2 rings (SSSR count). The predicted molar refractivity (Wildman–Crippen MR) is 55.9 cm³/mol. The third kappa shape index (κ3) is 3.12. The van der Waals surface area contributed by atoms with Gasteiger partial charge in [-0.2, -0.15) is 0 Å². The number of nitrogens with one attached hydrogen (secondary N) is 2. The van der Waals surface area contributed by atoms with Crippen molar-refractivity contribution in [1.29, 1.82) is 0 Å². The lowest BCUT2D eigenvalue weighted by Crippen LogP contribution is -2.28. The maximum absolute atomic E-state index is 4.24. The summed E-state index contributed by atoms with van der Waals surface area (Å²) in [4.78, 5) is 4.24. The molecule has 1 heterocycles. The van der Waals surface area contributed by atoms with E-state index in [0.29, 0.717) is 0 Å². The van der Waals surface area contributed by atoms with E-state index in [-0.39, 0.29) is 0 Å². The number of hydrogen-bond donors (Lipinski definition) is 2. The van der Waals surface area contributed by atoms with Gasteiger partial charge < -0.3 is 15.2 Å². The Hall–Kier alpha value is -0.870. The van der Waals surface area contributed by atoms with Crippen molar-refractivity contribution in [2.45, 2.75) is 25.4 Å². The SMILES string of the molecule is Cn1cnc(CNCCNC2CC2)c1. The van der Waals surface area contributed by atoms with Crippen LogP contribution in [0.15, 0.2) is 12.5 Å². The molecule has 0 atom stereocenters. The average Bonchev–Trinajstić information content (AvgIpc) is 2.89. The highest BCUT2D eigenvalue weighted by molar-refractivity contribution is 4.95. The van der Waals surface area contributed by atoms with E-state index in [9.17, 15) is 0 Å². The van der Waals surface area contributed by atoms with Gasteiger partial charge in [0.25, 0.3) is 0 Å². The average molecular weight is 194 g/mol. The largest absolute Gasteiger partial charge is 0.340 e. The molecule has 14 heavy (non-hydrogen) atoms. The molecule has 1 aromatic rings. The van der Waals surface area contributed by atoms with Crippen LogP contribution in [0.4, 0.5) is 0 Å². The van der Waals surface area contributed by atoms with Crippen molar-refractivity contribution in [1.82, 2.24) is 20.2 Å². The van der Waals surface area contributed by atoms with Crippen LogP contribution >= 0.6 is 0 Å². The fraction of sp³-hybridized carbons (Fsp3) is 0.700. The molecule has 1 aliphatic rings. The lowest BCUT2D eigenvalue weighted by Gasteiger charge is -2.03. The number of rotatable bonds is 6. The monoisotopic (exact) mass is 194 g/mol. The van der Waals surface area contributed by atoms with Crippen LogP contribution in [0.25, 0.3) is 0 Å². The first kappa shape index (κ1) is 9.68. The summed E-state index contributed by atoms with van der Waals surface area (Å²) in [5, 5.41) is 6.82. The van der Waals surface area contributed by atoms with Crippen molar-refractivity contribution in [2.24, 2.45) is 7.05 Å². The maximum Gasteiger partial charge on any atom is 0.0947 e. The molecule has 0 spiro atoms. The van der Waals surface area contributed by atoms with Gasteiger partial charge in [-0.1, -0.05) is 0 Å². The van der Waals surface area contributed by atoms with Gasteiger partial charge in [0.05, 0.1) is 12.0 Å². The van der Waals surface area contributed by atoms with E-state index >= 15 is 0 Å². The molecule has 1 fully saturated rings. The second-order valence-corrected chi connectivity index (χ2v) is 3.94. The summed E-state index contributed by atoms with van der Waals surface area (Å²) in [5.74, 6) is 0. The van der Waals surface area contributed by atoms with Crippen molar-refractivity contribution < 1.29 is 0 Å². The normalized spacial score (nSPS) is 16.1. The highest BCUT2D eigenvalue weighted by atomic mass is 15.0. The minimum atomic E-state index is 0.812. The first-order valence-corrected chi connectivity index (χ1v) is 5.25. The van der Waals surface area contributed by atoms with Gasteiger partial charge in [0, 0.05) is 38.9 Å². The van der Waals surface area contributed by atoms with E-state index in [1.54, 1.807) is 0 Å². The highest BCUT2D eigenvalue weighted by Crippen LogP contribution is 2.17. The van der Waals surface area contributed by atoms with E-state index in [2.05, 4.69) is 15.6 Å². The number of nitrogens with zero attached hydrogens (tertiary/aromatic N) is 2. The first-order valence-electron chi connectivity index (χ1n) is 5.25. The van der Waals surface area contributed by atoms with Crippen LogP contribution in [0, 0.1) is 0 Å². The summed E-state index contributed by atoms with van der Waals surface area (Å²) in [6.07, 6.45) is 6.60. The van der Waals surface area contributed by atoms with Gasteiger partial charge in [0.2, 0.25) is 0 Å². The summed E-state index contributed by atoms with van der Waals surface area (Å²) in [6.45, 7) is 2.96. The maximum atomic E-state index is 4.24. The van der Waals surface area contributed by atoms with Crippen LogP contribution in [0.2, 0.25) is 0 Å². The molecule has 1 saturated carbocycles. The predicted octanol–water partition coefficient (Wildman–Crippen LogP) is 0.262. The summed E-state index contributed by atoms with van der Waals surface area (Å²) < 4.78 is 1.97. The Labute approximate surface area is 84.7 Å². The van der Waals surface area contributed by atoms with Gasteiger partial charge in [-0.15, -0.1) is 0 Å². The van der Waals surface area contributed by atoms with E-state index < -0.39 is 0 Å². The van der Waals surface area contributed by atoms with Crippen LogP contribution in [0.1, 0.15) is 18.5 Å². The first-order chi connectivity index (χ1) is 6.84. The van der Waals surface area contributed by atoms with Crippen molar-refractivity contribution in [3.63, 3.8) is 0 Å². The van der Waals surface area contributed by atoms with Crippen molar-refractivity contribution in [2.75, 3.05) is 13.1 Å². The van der Waals surface area contributed by atoms with E-state index in [0.717, 1.165) is 31.4 Å². The van der Waals surface area contributed by atoms with Gasteiger partial charge >= 0.3 is 0 Å². The van der Waals surface area contributed by atoms with Crippen molar-refractivity contribution in [3.05, 3.63) is 18.2 Å². The molecule has 0 bridgehead atoms. The molecule has 1 aliphatic carbocycles. The molecule has 4 heteroatoms. The summed E-state index contributed by atoms with van der Waals surface area (Å²) >= 11 is 0. The molecule has 0 aromatic carbocycles. The quantitative estimate of drug-likeness (QED) is 0.638. The van der Waals surface area contributed by atoms with Crippen LogP contribution in [0.5, 0.6) is 0 Å². The van der Waals surface area contributed by atoms with E-state index in [4.69, 9.17) is 0 Å². The summed E-state index contributed by atoms with van der Waals surface area (Å²) in [7, 11) is 1.99. The topological polar surface area (TPSA) is 41.9 Å². The van der Waals surface area contributed by atoms with E-state index in [1.807, 2.05) is 24.1 Å². The van der Waals surface area contributed by atoms with Crippen LogP contribution in [0.3, 0.4) is 0 Å². The van der Waals surface area contributed by atoms with Crippen LogP contribution in [-0.2, 0) is 13.6 Å². The number of hydrogen-bond acceptors (Lipinski definition) is 3. The summed E-state index contributed by atoms with van der Waals surface area (Å²) in [5.41, 5.74) is 1.11. The number of aryl methyl sites for hydroxylation is 1. The zero-order chi connectivity index (χ0) is 9.80. The minimum Gasteiger partial charge on any atom is -0.340 e. The molecule has 0 amide bonds. The zero-order valence-electron chi connectivity index (χ0n) is 8.66. The van der Waals surface area contributed by atoms with Crippen LogP contribution in [-0.4, -0.2) is 28.7 Å². The smallest absolute Gasteiger partial charge is 0.0947 e. The Morgan fingerprint density at radius 1 is 1.50 bits per heavy atom. The lowest BCUT2D eigenvalue weighted by molar-refractivity contribution is 0.604. The second kappa shape index (κ2) is 4.57. The minimum absolute atomic E-state index is 0.812. The number of imidazole rings is 1. The summed E-state index contributed by atoms with van der Waals surface area (Å²) in [6, 6.07) is 0.812. The lowest BCUT2D eigenvalue weighted by atomic mass is 10.4. The van der Waals surface area contributed by atoms with E-state index in [1.165, 1.54) is 12.8 Å². The molecule has 1 aromatic heterocycles. The van der Waals surface area contributed by atoms with Crippen molar-refractivity contribution >= 4 is 0 Å². The van der Waals surface area contributed by atoms with Gasteiger partial charge in [-0.3, -0.25) is 0 Å². The Morgan fingerprint density at radius 2 is 2.36 bits per heavy atom. The number of aromatic nitrogens is 2. The van der Waals surface area contributed by atoms with Crippen LogP contribution < -0.4 is 10.6 Å². The molecular formula is C10H18N4.